The Hall–Kier alpha value is -4.85. The van der Waals surface area contributed by atoms with E-state index >= 15 is 0 Å². The summed E-state index contributed by atoms with van der Waals surface area (Å²) in [5.41, 5.74) is 22.2. The zero-order valence-electron chi connectivity index (χ0n) is 29.7. The summed E-state index contributed by atoms with van der Waals surface area (Å²) in [6.07, 6.45) is 0. The van der Waals surface area contributed by atoms with Crippen LogP contribution in [0.1, 0.15) is 24.6 Å². The monoisotopic (exact) mass is 911 g/mol. The lowest BCUT2D eigenvalue weighted by molar-refractivity contribution is 0.597. The molecule has 0 amide bonds. The molecule has 304 valence electrons. The highest BCUT2D eigenvalue weighted by atomic mass is 35.7. The standard InChI is InChI=1S/C10H8ClNO2S2.C10H9NS.C9H9N3O2S2.C9H8N2S.2CH4/c1-7-9(8-5-3-2-4-6-8)12-10(15-7)16(11,13)14;1-8-10(11-7-12-8)9-5-3-2-4-6-9;10-8-7(6-4-2-1-3-5-6)12-9(15-8)16(11,13)14;10-9-8(11-6-12-9)7-4-2-1-3-5-7;;/h2-6H,1H3;2-7H,1H3;1-5H,10H2,(H2,11,13,14);1-6H,10H2;2*1H4. The minimum atomic E-state index is -3.79. The van der Waals surface area contributed by atoms with Gasteiger partial charge in [-0.25, -0.2) is 41.9 Å². The third-order valence-corrected chi connectivity index (χ3v) is 13.9. The second kappa shape index (κ2) is 21.8. The number of nitrogen functional groups attached to an aromatic ring is 2. The van der Waals surface area contributed by atoms with Gasteiger partial charge in [-0.05, 0) is 13.8 Å². The molecular formula is C40H42ClN7O4S6. The number of aryl methyl sites for hydroxylation is 2. The predicted octanol–water partition coefficient (Wildman–Crippen LogP) is 10.9. The molecule has 4 aromatic heterocycles. The summed E-state index contributed by atoms with van der Waals surface area (Å²) in [5, 5.41) is 6.10. The summed E-state index contributed by atoms with van der Waals surface area (Å²) in [5.74, 6) is 0. The van der Waals surface area contributed by atoms with Gasteiger partial charge in [0.2, 0.25) is 8.68 Å². The number of nitrogens with two attached hydrogens (primary N) is 3. The van der Waals surface area contributed by atoms with E-state index in [1.807, 2.05) is 109 Å². The molecule has 8 aromatic rings. The molecular weight excluding hydrogens is 870 g/mol. The van der Waals surface area contributed by atoms with E-state index in [9.17, 15) is 16.8 Å². The second-order valence-electron chi connectivity index (χ2n) is 11.3. The Balaban J connectivity index is 0.000000206. The molecule has 0 aliphatic rings. The highest BCUT2D eigenvalue weighted by molar-refractivity contribution is 8.15. The summed E-state index contributed by atoms with van der Waals surface area (Å²) in [4.78, 5) is 18.6. The first-order valence-corrected chi connectivity index (χ1v) is 23.5. The summed E-state index contributed by atoms with van der Waals surface area (Å²) >= 11 is 5.11. The number of hydrogen-bond acceptors (Lipinski definition) is 14. The number of benzene rings is 4. The summed E-state index contributed by atoms with van der Waals surface area (Å²) < 4.78 is 44.3. The van der Waals surface area contributed by atoms with Crippen LogP contribution in [0.2, 0.25) is 0 Å². The van der Waals surface area contributed by atoms with E-state index < -0.39 is 19.1 Å². The SMILES string of the molecule is C.C.Cc1sc(S(=O)(=O)Cl)nc1-c1ccccc1.Cc1scnc1-c1ccccc1.Nc1sc(S(N)(=O)=O)nc1-c1ccccc1.Nc1scnc1-c1ccccc1. The first-order chi connectivity index (χ1) is 26.7. The van der Waals surface area contributed by atoms with Crippen molar-refractivity contribution in [3.8, 4) is 45.0 Å². The first kappa shape index (κ1) is 47.5. The number of halogens is 1. The van der Waals surface area contributed by atoms with Crippen LogP contribution < -0.4 is 16.6 Å². The second-order valence-corrected chi connectivity index (χ2v) is 20.0. The maximum Gasteiger partial charge on any atom is 0.288 e. The number of aromatic nitrogens is 4. The lowest BCUT2D eigenvalue weighted by Crippen LogP contribution is -2.11. The van der Waals surface area contributed by atoms with Gasteiger partial charge in [-0.1, -0.05) is 148 Å². The van der Waals surface area contributed by atoms with E-state index in [-0.39, 0.29) is 23.5 Å². The Morgan fingerprint density at radius 3 is 1.26 bits per heavy atom. The molecule has 0 atom stereocenters. The van der Waals surface area contributed by atoms with E-state index in [0.29, 0.717) is 16.4 Å². The molecule has 11 nitrogen and oxygen atoms in total. The van der Waals surface area contributed by atoms with E-state index in [2.05, 4.69) is 39.0 Å². The van der Waals surface area contributed by atoms with Gasteiger partial charge in [0, 0.05) is 42.7 Å². The molecule has 0 spiro atoms. The van der Waals surface area contributed by atoms with Gasteiger partial charge < -0.3 is 11.5 Å². The zero-order valence-corrected chi connectivity index (χ0v) is 35.3. The van der Waals surface area contributed by atoms with Gasteiger partial charge in [-0.2, -0.15) is 0 Å². The molecule has 4 heterocycles. The fourth-order valence-electron chi connectivity index (χ4n) is 4.82. The van der Waals surface area contributed by atoms with Crippen LogP contribution in [0.25, 0.3) is 45.0 Å². The number of rotatable bonds is 6. The van der Waals surface area contributed by atoms with E-state index in [0.717, 1.165) is 60.6 Å². The highest BCUT2D eigenvalue weighted by Gasteiger charge is 2.19. The molecule has 4 aromatic carbocycles. The maximum atomic E-state index is 11.1. The molecule has 0 aliphatic heterocycles. The van der Waals surface area contributed by atoms with E-state index in [1.54, 1.807) is 29.0 Å². The van der Waals surface area contributed by atoms with Crippen LogP contribution >= 0.6 is 56.0 Å². The molecule has 0 unspecified atom stereocenters. The van der Waals surface area contributed by atoms with Gasteiger partial charge in [-0.3, -0.25) is 0 Å². The van der Waals surface area contributed by atoms with Crippen molar-refractivity contribution in [3.05, 3.63) is 142 Å². The molecule has 0 radical (unpaired) electrons. The fraction of sp³-hybridized carbons (Fsp3) is 0.100. The molecule has 0 saturated carbocycles. The molecule has 0 saturated heterocycles. The summed E-state index contributed by atoms with van der Waals surface area (Å²) in [7, 11) is -2.27. The zero-order chi connectivity index (χ0) is 40.3. The summed E-state index contributed by atoms with van der Waals surface area (Å²) in [6, 6.07) is 38.7. The molecule has 6 N–H and O–H groups in total. The maximum absolute atomic E-state index is 11.1. The summed E-state index contributed by atoms with van der Waals surface area (Å²) in [6.45, 7) is 3.92. The minimum absolute atomic E-state index is 0. The number of hydrogen-bond donors (Lipinski definition) is 3. The quantitative estimate of drug-likeness (QED) is 0.135. The average Bonchev–Trinajstić information content (AvgIpc) is 4.01. The average molecular weight is 913 g/mol. The van der Waals surface area contributed by atoms with Crippen molar-refractivity contribution in [3.63, 3.8) is 0 Å². The van der Waals surface area contributed by atoms with Gasteiger partial charge in [-0.15, -0.1) is 34.0 Å². The fourth-order valence-corrected chi connectivity index (χ4v) is 9.53. The minimum Gasteiger partial charge on any atom is -0.389 e. The topological polar surface area (TPSA) is 198 Å². The lowest BCUT2D eigenvalue weighted by atomic mass is 10.1. The van der Waals surface area contributed by atoms with Crippen LogP contribution in [0.3, 0.4) is 0 Å². The molecule has 0 fully saturated rings. The Labute approximate surface area is 360 Å². The molecule has 8 rings (SSSR count). The van der Waals surface area contributed by atoms with Crippen LogP contribution in [-0.2, 0) is 19.1 Å². The lowest BCUT2D eigenvalue weighted by Gasteiger charge is -1.96. The van der Waals surface area contributed by atoms with Crippen molar-refractivity contribution in [1.29, 1.82) is 0 Å². The van der Waals surface area contributed by atoms with E-state index in [1.165, 1.54) is 21.8 Å². The predicted molar refractivity (Wildman–Crippen MR) is 246 cm³/mol. The molecule has 58 heavy (non-hydrogen) atoms. The smallest absolute Gasteiger partial charge is 0.288 e. The van der Waals surface area contributed by atoms with Crippen molar-refractivity contribution >= 4 is 85.1 Å². The van der Waals surface area contributed by atoms with Gasteiger partial charge in [0.15, 0.2) is 0 Å². The molecule has 0 aliphatic carbocycles. The van der Waals surface area contributed by atoms with Crippen molar-refractivity contribution in [2.24, 2.45) is 5.14 Å². The third-order valence-electron chi connectivity index (χ3n) is 7.39. The van der Waals surface area contributed by atoms with Gasteiger partial charge in [0.25, 0.3) is 19.1 Å². The van der Waals surface area contributed by atoms with Crippen LogP contribution in [-0.4, -0.2) is 36.8 Å². The molecule has 18 heteroatoms. The number of primary sulfonamides is 1. The Bertz CT molecular complexity index is 2500. The first-order valence-electron chi connectivity index (χ1n) is 16.2. The van der Waals surface area contributed by atoms with Crippen molar-refractivity contribution in [2.45, 2.75) is 37.4 Å². The van der Waals surface area contributed by atoms with Crippen LogP contribution in [0.5, 0.6) is 0 Å². The van der Waals surface area contributed by atoms with Crippen molar-refractivity contribution in [1.82, 2.24) is 19.9 Å². The van der Waals surface area contributed by atoms with Crippen molar-refractivity contribution in [2.75, 3.05) is 11.5 Å². The molecule has 0 bridgehead atoms. The number of anilines is 2. The number of thiazole rings is 4. The van der Waals surface area contributed by atoms with Gasteiger partial charge >= 0.3 is 0 Å². The normalized spacial score (nSPS) is 10.6. The van der Waals surface area contributed by atoms with Gasteiger partial charge in [0.1, 0.15) is 21.4 Å². The van der Waals surface area contributed by atoms with Crippen LogP contribution in [0.15, 0.2) is 141 Å². The van der Waals surface area contributed by atoms with Crippen molar-refractivity contribution < 1.29 is 16.8 Å². The van der Waals surface area contributed by atoms with Crippen LogP contribution in [0, 0.1) is 13.8 Å². The van der Waals surface area contributed by atoms with Gasteiger partial charge in [0.05, 0.1) is 22.4 Å². The Morgan fingerprint density at radius 2 is 0.897 bits per heavy atom. The highest BCUT2D eigenvalue weighted by Crippen LogP contribution is 2.33. The number of nitrogens with zero attached hydrogens (tertiary/aromatic N) is 4. The number of sulfonamides is 1. The Kier molecular flexibility index (Phi) is 17.8. The van der Waals surface area contributed by atoms with Crippen LogP contribution in [0.4, 0.5) is 10.0 Å². The third kappa shape index (κ3) is 13.1. The largest absolute Gasteiger partial charge is 0.389 e. The van der Waals surface area contributed by atoms with E-state index in [4.69, 9.17) is 27.3 Å². The Morgan fingerprint density at radius 1 is 0.500 bits per heavy atom.